The molecule has 4 nitrogen and oxygen atoms in total. The fourth-order valence-corrected chi connectivity index (χ4v) is 2.87. The molecule has 0 radical (unpaired) electrons. The van der Waals surface area contributed by atoms with Crippen LogP contribution in [-0.4, -0.2) is 47.2 Å². The molecule has 1 aliphatic rings. The fraction of sp³-hybridized carbons (Fsp3) is 0.929. The van der Waals surface area contributed by atoms with E-state index in [9.17, 15) is 9.90 Å². The molecule has 0 aromatic rings. The molecule has 1 fully saturated rings. The van der Waals surface area contributed by atoms with E-state index in [1.165, 1.54) is 19.3 Å². The fourth-order valence-electron chi connectivity index (χ4n) is 2.87. The molecule has 0 bridgehead atoms. The van der Waals surface area contributed by atoms with E-state index in [1.54, 1.807) is 14.0 Å². The predicted octanol–water partition coefficient (Wildman–Crippen LogP) is 2.09. The lowest BCUT2D eigenvalue weighted by Crippen LogP contribution is -2.49. The van der Waals surface area contributed by atoms with E-state index in [-0.39, 0.29) is 0 Å². The highest BCUT2D eigenvalue weighted by Crippen LogP contribution is 2.23. The summed E-state index contributed by atoms with van der Waals surface area (Å²) >= 11 is 0. The summed E-state index contributed by atoms with van der Waals surface area (Å²) in [6.07, 6.45) is 5.47. The first kappa shape index (κ1) is 15.4. The number of aliphatic carboxylic acids is 1. The Labute approximate surface area is 111 Å². The molecule has 106 valence electrons. The van der Waals surface area contributed by atoms with Gasteiger partial charge in [-0.15, -0.1) is 0 Å². The first-order valence-electron chi connectivity index (χ1n) is 7.09. The number of hydrogen-bond acceptors (Lipinski definition) is 3. The molecular weight excluding hydrogens is 228 g/mol. The maximum absolute atomic E-state index is 11.2. The number of carboxylic acid groups (broad SMARTS) is 1. The van der Waals surface area contributed by atoms with Crippen LogP contribution in [0.4, 0.5) is 0 Å². The number of carboxylic acids is 1. The average molecular weight is 256 g/mol. The van der Waals surface area contributed by atoms with Gasteiger partial charge in [0, 0.05) is 12.1 Å². The highest BCUT2D eigenvalue weighted by Gasteiger charge is 2.31. The van der Waals surface area contributed by atoms with Gasteiger partial charge in [-0.3, -0.25) is 9.69 Å². The van der Waals surface area contributed by atoms with Crippen LogP contribution in [0.25, 0.3) is 0 Å². The minimum Gasteiger partial charge on any atom is -0.480 e. The van der Waals surface area contributed by atoms with Crippen LogP contribution in [0.15, 0.2) is 0 Å². The number of rotatable bonds is 6. The Morgan fingerprint density at radius 2 is 1.94 bits per heavy atom. The molecule has 0 aliphatic carbocycles. The van der Waals surface area contributed by atoms with Gasteiger partial charge >= 0.3 is 5.97 Å². The highest BCUT2D eigenvalue weighted by molar-refractivity contribution is 5.78. The summed E-state index contributed by atoms with van der Waals surface area (Å²) < 4.78 is 0. The SMILES string of the molecule is CNC(C)(CCCN1[C@H](C)CCC[C@@H]1C)C(=O)O. The maximum atomic E-state index is 11.2. The largest absolute Gasteiger partial charge is 0.480 e. The number of likely N-dealkylation sites (tertiary alicyclic amines) is 1. The topological polar surface area (TPSA) is 52.6 Å². The van der Waals surface area contributed by atoms with Crippen molar-refractivity contribution in [2.45, 2.75) is 70.5 Å². The van der Waals surface area contributed by atoms with Gasteiger partial charge in [0.1, 0.15) is 5.54 Å². The first-order chi connectivity index (χ1) is 8.40. The van der Waals surface area contributed by atoms with Crippen LogP contribution in [0.3, 0.4) is 0 Å². The van der Waals surface area contributed by atoms with Crippen molar-refractivity contribution in [3.8, 4) is 0 Å². The van der Waals surface area contributed by atoms with Crippen LogP contribution < -0.4 is 5.32 Å². The van der Waals surface area contributed by atoms with Gasteiger partial charge in [-0.05, 0) is 60.0 Å². The van der Waals surface area contributed by atoms with Crippen molar-refractivity contribution in [3.63, 3.8) is 0 Å². The number of hydrogen-bond donors (Lipinski definition) is 2. The van der Waals surface area contributed by atoms with E-state index < -0.39 is 11.5 Å². The van der Waals surface area contributed by atoms with Crippen molar-refractivity contribution >= 4 is 5.97 Å². The van der Waals surface area contributed by atoms with Crippen molar-refractivity contribution < 1.29 is 9.90 Å². The number of carbonyl (C=O) groups is 1. The Kier molecular flexibility index (Phi) is 5.60. The van der Waals surface area contributed by atoms with E-state index in [1.807, 2.05) is 0 Å². The monoisotopic (exact) mass is 256 g/mol. The zero-order valence-electron chi connectivity index (χ0n) is 12.2. The smallest absolute Gasteiger partial charge is 0.323 e. The maximum Gasteiger partial charge on any atom is 0.323 e. The van der Waals surface area contributed by atoms with Gasteiger partial charge in [-0.25, -0.2) is 0 Å². The molecule has 1 aliphatic heterocycles. The average Bonchev–Trinajstić information content (AvgIpc) is 2.32. The minimum atomic E-state index is -0.789. The summed E-state index contributed by atoms with van der Waals surface area (Å²) in [4.78, 5) is 13.7. The molecule has 1 saturated heterocycles. The van der Waals surface area contributed by atoms with Crippen LogP contribution in [0.1, 0.15) is 52.9 Å². The number of piperidine rings is 1. The third-order valence-electron chi connectivity index (χ3n) is 4.49. The summed E-state index contributed by atoms with van der Waals surface area (Å²) in [7, 11) is 1.72. The van der Waals surface area contributed by atoms with Gasteiger partial charge in [0.15, 0.2) is 0 Å². The lowest BCUT2D eigenvalue weighted by atomic mass is 9.93. The highest BCUT2D eigenvalue weighted by atomic mass is 16.4. The molecule has 1 heterocycles. The number of nitrogens with zero attached hydrogens (tertiary/aromatic N) is 1. The second-order valence-corrected chi connectivity index (χ2v) is 5.86. The predicted molar refractivity (Wildman–Crippen MR) is 73.8 cm³/mol. The summed E-state index contributed by atoms with van der Waals surface area (Å²) in [5.41, 5.74) is -0.789. The molecule has 18 heavy (non-hydrogen) atoms. The van der Waals surface area contributed by atoms with E-state index >= 15 is 0 Å². The van der Waals surface area contributed by atoms with Crippen molar-refractivity contribution in [2.24, 2.45) is 0 Å². The second kappa shape index (κ2) is 6.53. The second-order valence-electron chi connectivity index (χ2n) is 5.86. The Balaban J connectivity index is 2.42. The van der Waals surface area contributed by atoms with Crippen LogP contribution in [-0.2, 0) is 4.79 Å². The Hall–Kier alpha value is -0.610. The van der Waals surface area contributed by atoms with E-state index in [0.717, 1.165) is 13.0 Å². The van der Waals surface area contributed by atoms with Crippen LogP contribution in [0.5, 0.6) is 0 Å². The van der Waals surface area contributed by atoms with Crippen LogP contribution >= 0.6 is 0 Å². The standard InChI is InChI=1S/C14H28N2O2/c1-11-7-5-8-12(2)16(11)10-6-9-14(3,15-4)13(17)18/h11-12,15H,5-10H2,1-4H3,(H,17,18)/t11-,12+,14?. The molecule has 1 rings (SSSR count). The first-order valence-corrected chi connectivity index (χ1v) is 7.09. The summed E-state index contributed by atoms with van der Waals surface area (Å²) in [6, 6.07) is 1.28. The lowest BCUT2D eigenvalue weighted by molar-refractivity contribution is -0.144. The Bertz CT molecular complexity index is 273. The van der Waals surface area contributed by atoms with Gasteiger partial charge in [0.05, 0.1) is 0 Å². The van der Waals surface area contributed by atoms with E-state index in [4.69, 9.17) is 0 Å². The molecule has 0 spiro atoms. The van der Waals surface area contributed by atoms with Gasteiger partial charge in [0.2, 0.25) is 0 Å². The third-order valence-corrected chi connectivity index (χ3v) is 4.49. The molecule has 0 aromatic heterocycles. The van der Waals surface area contributed by atoms with Crippen LogP contribution in [0.2, 0.25) is 0 Å². The molecule has 2 N–H and O–H groups in total. The van der Waals surface area contributed by atoms with Gasteiger partial charge in [0.25, 0.3) is 0 Å². The lowest BCUT2D eigenvalue weighted by Gasteiger charge is -2.39. The van der Waals surface area contributed by atoms with E-state index in [0.29, 0.717) is 18.5 Å². The summed E-state index contributed by atoms with van der Waals surface area (Å²) in [5.74, 6) is -0.759. The molecule has 0 amide bonds. The Morgan fingerprint density at radius 1 is 1.39 bits per heavy atom. The summed E-state index contributed by atoms with van der Waals surface area (Å²) in [5, 5.41) is 12.1. The minimum absolute atomic E-state index is 0.638. The zero-order valence-corrected chi connectivity index (χ0v) is 12.2. The zero-order chi connectivity index (χ0) is 13.8. The molecule has 3 atom stereocenters. The van der Waals surface area contributed by atoms with E-state index in [2.05, 4.69) is 24.1 Å². The molecule has 0 aromatic carbocycles. The molecule has 0 saturated carbocycles. The number of nitrogens with one attached hydrogen (secondary N) is 1. The van der Waals surface area contributed by atoms with Crippen molar-refractivity contribution in [3.05, 3.63) is 0 Å². The van der Waals surface area contributed by atoms with Crippen molar-refractivity contribution in [1.29, 1.82) is 0 Å². The third kappa shape index (κ3) is 3.69. The Morgan fingerprint density at radius 3 is 2.39 bits per heavy atom. The van der Waals surface area contributed by atoms with Crippen molar-refractivity contribution in [1.82, 2.24) is 10.2 Å². The van der Waals surface area contributed by atoms with Gasteiger partial charge in [-0.2, -0.15) is 0 Å². The van der Waals surface area contributed by atoms with Gasteiger partial charge in [-0.1, -0.05) is 6.42 Å². The summed E-state index contributed by atoms with van der Waals surface area (Å²) in [6.45, 7) is 7.33. The number of likely N-dealkylation sites (N-methyl/N-ethyl adjacent to an activating group) is 1. The molecule has 1 unspecified atom stereocenters. The normalized spacial score (nSPS) is 28.9. The van der Waals surface area contributed by atoms with Crippen molar-refractivity contribution in [2.75, 3.05) is 13.6 Å². The van der Waals surface area contributed by atoms with Gasteiger partial charge < -0.3 is 10.4 Å². The van der Waals surface area contributed by atoms with Crippen LogP contribution in [0, 0.1) is 0 Å². The molecular formula is C14H28N2O2. The quantitative estimate of drug-likeness (QED) is 0.764. The molecule has 4 heteroatoms.